The fraction of sp³-hybridized carbons (Fsp3) is 0.429. The lowest BCUT2D eigenvalue weighted by Gasteiger charge is -2.20. The van der Waals surface area contributed by atoms with Crippen molar-refractivity contribution >= 4 is 11.8 Å². The lowest BCUT2D eigenvalue weighted by molar-refractivity contribution is -0.123. The maximum atomic E-state index is 11.8. The highest BCUT2D eigenvalue weighted by molar-refractivity contribution is 5.84. The molecular formula is C14H16N2O2. The van der Waals surface area contributed by atoms with Crippen LogP contribution in [0.1, 0.15) is 30.9 Å². The average molecular weight is 244 g/mol. The minimum atomic E-state index is -0.118. The molecule has 1 aliphatic heterocycles. The Labute approximate surface area is 106 Å². The van der Waals surface area contributed by atoms with Crippen molar-refractivity contribution in [2.24, 2.45) is 5.92 Å². The molecular weight excluding hydrogens is 228 g/mol. The zero-order chi connectivity index (χ0) is 12.5. The highest BCUT2D eigenvalue weighted by atomic mass is 16.2. The number of carbonyl (C=O) groups excluding carboxylic acids is 2. The number of carbonyl (C=O) groups is 2. The molecule has 3 rings (SSSR count). The number of hydrogen-bond acceptors (Lipinski definition) is 2. The second-order valence-electron chi connectivity index (χ2n) is 5.05. The Bertz CT molecular complexity index is 468. The quantitative estimate of drug-likeness (QED) is 0.837. The van der Waals surface area contributed by atoms with E-state index in [0.29, 0.717) is 6.42 Å². The Morgan fingerprint density at radius 3 is 2.61 bits per heavy atom. The summed E-state index contributed by atoms with van der Waals surface area (Å²) in [6.07, 6.45) is 2.34. The first-order valence-electron chi connectivity index (χ1n) is 6.39. The topological polar surface area (TPSA) is 58.2 Å². The van der Waals surface area contributed by atoms with Gasteiger partial charge >= 0.3 is 0 Å². The summed E-state index contributed by atoms with van der Waals surface area (Å²) in [5, 5.41) is 5.93. The van der Waals surface area contributed by atoms with Gasteiger partial charge in [0.05, 0.1) is 12.1 Å². The highest BCUT2D eigenvalue weighted by Crippen LogP contribution is 2.31. The zero-order valence-corrected chi connectivity index (χ0v) is 10.1. The Morgan fingerprint density at radius 2 is 1.94 bits per heavy atom. The van der Waals surface area contributed by atoms with E-state index in [1.165, 1.54) is 0 Å². The van der Waals surface area contributed by atoms with Gasteiger partial charge in [0.25, 0.3) is 0 Å². The number of hydrogen-bond donors (Lipinski definition) is 2. The molecule has 0 aromatic heterocycles. The van der Waals surface area contributed by atoms with Crippen LogP contribution in [0.15, 0.2) is 30.3 Å². The van der Waals surface area contributed by atoms with E-state index in [2.05, 4.69) is 10.6 Å². The minimum absolute atomic E-state index is 0.00458. The molecule has 1 saturated carbocycles. The molecule has 2 N–H and O–H groups in total. The summed E-state index contributed by atoms with van der Waals surface area (Å²) in [7, 11) is 0. The molecule has 94 valence electrons. The van der Waals surface area contributed by atoms with Crippen LogP contribution in [0.4, 0.5) is 0 Å². The van der Waals surface area contributed by atoms with Gasteiger partial charge in [-0.25, -0.2) is 0 Å². The third-order valence-electron chi connectivity index (χ3n) is 3.56. The number of amides is 2. The van der Waals surface area contributed by atoms with Gasteiger partial charge in [0.2, 0.25) is 11.8 Å². The number of nitrogens with one attached hydrogen (secondary N) is 2. The molecule has 1 saturated heterocycles. The number of rotatable bonds is 3. The molecule has 0 radical (unpaired) electrons. The summed E-state index contributed by atoms with van der Waals surface area (Å²) in [5.74, 6) is 0.277. The van der Waals surface area contributed by atoms with Crippen molar-refractivity contribution in [1.29, 1.82) is 0 Å². The van der Waals surface area contributed by atoms with Crippen LogP contribution in [0, 0.1) is 5.92 Å². The van der Waals surface area contributed by atoms with Crippen LogP contribution < -0.4 is 10.6 Å². The molecule has 2 fully saturated rings. The van der Waals surface area contributed by atoms with Crippen molar-refractivity contribution in [3.8, 4) is 0 Å². The van der Waals surface area contributed by atoms with E-state index in [4.69, 9.17) is 0 Å². The monoisotopic (exact) mass is 244 g/mol. The van der Waals surface area contributed by atoms with E-state index >= 15 is 0 Å². The molecule has 1 heterocycles. The maximum Gasteiger partial charge on any atom is 0.223 e. The average Bonchev–Trinajstić information content (AvgIpc) is 3.16. The normalized spacial score (nSPS) is 26.8. The molecule has 4 heteroatoms. The van der Waals surface area contributed by atoms with Crippen molar-refractivity contribution in [1.82, 2.24) is 10.6 Å². The van der Waals surface area contributed by atoms with Gasteiger partial charge in [0, 0.05) is 12.3 Å². The predicted molar refractivity (Wildman–Crippen MR) is 66.6 cm³/mol. The summed E-state index contributed by atoms with van der Waals surface area (Å²) in [4.78, 5) is 23.3. The van der Waals surface area contributed by atoms with Crippen LogP contribution in [0.3, 0.4) is 0 Å². The van der Waals surface area contributed by atoms with Crippen molar-refractivity contribution < 1.29 is 9.59 Å². The molecule has 2 amide bonds. The molecule has 1 unspecified atom stereocenters. The van der Waals surface area contributed by atoms with Gasteiger partial charge in [0.15, 0.2) is 0 Å². The Morgan fingerprint density at radius 1 is 1.22 bits per heavy atom. The Balaban J connectivity index is 1.74. The van der Waals surface area contributed by atoms with E-state index in [-0.39, 0.29) is 29.8 Å². The van der Waals surface area contributed by atoms with Crippen LogP contribution in [0.2, 0.25) is 0 Å². The molecule has 0 spiro atoms. The SMILES string of the molecule is O=C1C[C@H](NC(=O)C2CC2)C(c2ccccc2)N1. The molecule has 1 aromatic rings. The Hall–Kier alpha value is -1.84. The Kier molecular flexibility index (Phi) is 2.78. The van der Waals surface area contributed by atoms with Gasteiger partial charge in [-0.05, 0) is 18.4 Å². The fourth-order valence-electron chi connectivity index (χ4n) is 2.41. The zero-order valence-electron chi connectivity index (χ0n) is 10.1. The van der Waals surface area contributed by atoms with Crippen LogP contribution >= 0.6 is 0 Å². The molecule has 1 aliphatic carbocycles. The summed E-state index contributed by atoms with van der Waals surface area (Å²) < 4.78 is 0. The van der Waals surface area contributed by atoms with E-state index in [9.17, 15) is 9.59 Å². The maximum absolute atomic E-state index is 11.8. The molecule has 1 aromatic carbocycles. The van der Waals surface area contributed by atoms with Crippen molar-refractivity contribution in [2.75, 3.05) is 0 Å². The molecule has 0 bridgehead atoms. The third kappa shape index (κ3) is 2.23. The van der Waals surface area contributed by atoms with Gasteiger partial charge in [-0.3, -0.25) is 9.59 Å². The lowest BCUT2D eigenvalue weighted by atomic mass is 10.0. The van der Waals surface area contributed by atoms with Crippen LogP contribution in [0.5, 0.6) is 0 Å². The summed E-state index contributed by atoms with van der Waals surface area (Å²) in [5.41, 5.74) is 1.05. The highest BCUT2D eigenvalue weighted by Gasteiger charge is 2.37. The third-order valence-corrected chi connectivity index (χ3v) is 3.56. The molecule has 18 heavy (non-hydrogen) atoms. The van der Waals surface area contributed by atoms with E-state index in [0.717, 1.165) is 18.4 Å². The van der Waals surface area contributed by atoms with Gasteiger partial charge in [-0.2, -0.15) is 0 Å². The second kappa shape index (κ2) is 4.44. The summed E-state index contributed by atoms with van der Waals surface area (Å²) >= 11 is 0. The van der Waals surface area contributed by atoms with E-state index in [1.807, 2.05) is 30.3 Å². The van der Waals surface area contributed by atoms with Gasteiger partial charge < -0.3 is 10.6 Å². The molecule has 4 nitrogen and oxygen atoms in total. The largest absolute Gasteiger partial charge is 0.350 e. The van der Waals surface area contributed by atoms with Crippen molar-refractivity contribution in [2.45, 2.75) is 31.3 Å². The van der Waals surface area contributed by atoms with E-state index in [1.54, 1.807) is 0 Å². The van der Waals surface area contributed by atoms with Gasteiger partial charge in [0.1, 0.15) is 0 Å². The minimum Gasteiger partial charge on any atom is -0.350 e. The molecule has 2 aliphatic rings. The van der Waals surface area contributed by atoms with Gasteiger partial charge in [-0.1, -0.05) is 30.3 Å². The standard InChI is InChI=1S/C14H16N2O2/c17-12-8-11(15-14(18)10-6-7-10)13(16-12)9-4-2-1-3-5-9/h1-5,10-11,13H,6-8H2,(H,15,18)(H,16,17)/t11-,13?/m0/s1. The van der Waals surface area contributed by atoms with Crippen molar-refractivity contribution in [3.63, 3.8) is 0 Å². The smallest absolute Gasteiger partial charge is 0.223 e. The van der Waals surface area contributed by atoms with Crippen LogP contribution in [-0.2, 0) is 9.59 Å². The lowest BCUT2D eigenvalue weighted by Crippen LogP contribution is -2.39. The first-order chi connectivity index (χ1) is 8.74. The molecule has 2 atom stereocenters. The predicted octanol–water partition coefficient (Wildman–Crippen LogP) is 1.14. The van der Waals surface area contributed by atoms with E-state index < -0.39 is 0 Å². The second-order valence-corrected chi connectivity index (χ2v) is 5.05. The van der Waals surface area contributed by atoms with Crippen molar-refractivity contribution in [3.05, 3.63) is 35.9 Å². The fourth-order valence-corrected chi connectivity index (χ4v) is 2.41. The van der Waals surface area contributed by atoms with Gasteiger partial charge in [-0.15, -0.1) is 0 Å². The first-order valence-corrected chi connectivity index (χ1v) is 6.39. The van der Waals surface area contributed by atoms with Crippen LogP contribution in [-0.4, -0.2) is 17.9 Å². The summed E-state index contributed by atoms with van der Waals surface area (Å²) in [6, 6.07) is 9.57. The number of benzene rings is 1. The summed E-state index contributed by atoms with van der Waals surface area (Å²) in [6.45, 7) is 0. The first kappa shape index (κ1) is 11.3. The van der Waals surface area contributed by atoms with Crippen LogP contribution in [0.25, 0.3) is 0 Å².